The number of fused-ring (bicyclic) bond motifs is 1. The number of aromatic amines is 1. The van der Waals surface area contributed by atoms with Gasteiger partial charge in [0, 0.05) is 5.39 Å². The maximum atomic E-state index is 5.66. The molecule has 3 N–H and O–H groups in total. The van der Waals surface area contributed by atoms with Crippen molar-refractivity contribution < 1.29 is 0 Å². The molecule has 1 saturated carbocycles. The standard InChI is InChI=1S/C11H13N3/c12-5-8-4-10(8)9-3-1-2-7-6-13-14-11(7)9/h1-3,6,8,10H,4-5,12H2,(H,13,14). The van der Waals surface area contributed by atoms with Gasteiger partial charge in [-0.2, -0.15) is 5.10 Å². The van der Waals surface area contributed by atoms with Crippen LogP contribution in [0.3, 0.4) is 0 Å². The molecule has 1 aliphatic carbocycles. The lowest BCUT2D eigenvalue weighted by Gasteiger charge is -2.00. The van der Waals surface area contributed by atoms with E-state index in [-0.39, 0.29) is 0 Å². The summed E-state index contributed by atoms with van der Waals surface area (Å²) >= 11 is 0. The van der Waals surface area contributed by atoms with Gasteiger partial charge in [-0.25, -0.2) is 0 Å². The Hall–Kier alpha value is -1.35. The third-order valence-corrected chi connectivity index (χ3v) is 3.13. The first-order valence-corrected chi connectivity index (χ1v) is 5.02. The summed E-state index contributed by atoms with van der Waals surface area (Å²) in [5.74, 6) is 1.34. The van der Waals surface area contributed by atoms with Crippen LogP contribution in [-0.4, -0.2) is 16.7 Å². The molecule has 0 aliphatic heterocycles. The number of hydrogen-bond acceptors (Lipinski definition) is 2. The summed E-state index contributed by atoms with van der Waals surface area (Å²) in [5, 5.41) is 8.33. The highest BCUT2D eigenvalue weighted by atomic mass is 15.1. The van der Waals surface area contributed by atoms with Gasteiger partial charge in [0.1, 0.15) is 0 Å². The number of benzene rings is 1. The zero-order valence-corrected chi connectivity index (χ0v) is 7.90. The highest BCUT2D eigenvalue weighted by Gasteiger charge is 2.38. The van der Waals surface area contributed by atoms with Gasteiger partial charge in [-0.05, 0) is 30.4 Å². The van der Waals surface area contributed by atoms with Crippen molar-refractivity contribution in [2.24, 2.45) is 11.7 Å². The minimum Gasteiger partial charge on any atom is -0.330 e. The van der Waals surface area contributed by atoms with Gasteiger partial charge in [-0.1, -0.05) is 18.2 Å². The van der Waals surface area contributed by atoms with Crippen LogP contribution in [0, 0.1) is 5.92 Å². The zero-order valence-electron chi connectivity index (χ0n) is 7.90. The zero-order chi connectivity index (χ0) is 9.54. The molecule has 0 spiro atoms. The van der Waals surface area contributed by atoms with Gasteiger partial charge in [-0.15, -0.1) is 0 Å². The lowest BCUT2D eigenvalue weighted by atomic mass is 10.1. The van der Waals surface area contributed by atoms with Gasteiger partial charge in [-0.3, -0.25) is 5.10 Å². The van der Waals surface area contributed by atoms with Gasteiger partial charge >= 0.3 is 0 Å². The summed E-state index contributed by atoms with van der Waals surface area (Å²) < 4.78 is 0. The second-order valence-electron chi connectivity index (χ2n) is 4.02. The van der Waals surface area contributed by atoms with E-state index in [1.54, 1.807) is 0 Å². The Bertz CT molecular complexity index is 460. The predicted molar refractivity (Wildman–Crippen MR) is 56.0 cm³/mol. The number of hydrogen-bond donors (Lipinski definition) is 2. The summed E-state index contributed by atoms with van der Waals surface area (Å²) in [6.45, 7) is 0.801. The van der Waals surface area contributed by atoms with Crippen molar-refractivity contribution in [2.45, 2.75) is 12.3 Å². The first-order valence-electron chi connectivity index (χ1n) is 5.02. The van der Waals surface area contributed by atoms with Crippen LogP contribution in [0.1, 0.15) is 17.9 Å². The number of H-pyrrole nitrogens is 1. The molecule has 0 radical (unpaired) electrons. The van der Waals surface area contributed by atoms with Crippen LogP contribution in [0.15, 0.2) is 24.4 Å². The quantitative estimate of drug-likeness (QED) is 0.750. The summed E-state index contributed by atoms with van der Waals surface area (Å²) in [5.41, 5.74) is 8.23. The summed E-state index contributed by atoms with van der Waals surface area (Å²) in [4.78, 5) is 0. The largest absolute Gasteiger partial charge is 0.330 e. The summed E-state index contributed by atoms with van der Waals surface area (Å²) in [7, 11) is 0. The van der Waals surface area contributed by atoms with Gasteiger partial charge in [0.2, 0.25) is 0 Å². The van der Waals surface area contributed by atoms with Crippen LogP contribution in [0.25, 0.3) is 10.9 Å². The first kappa shape index (κ1) is 8.00. The van der Waals surface area contributed by atoms with E-state index in [1.165, 1.54) is 22.9 Å². The average Bonchev–Trinajstić information content (AvgIpc) is 2.85. The van der Waals surface area contributed by atoms with Crippen molar-refractivity contribution in [3.05, 3.63) is 30.0 Å². The van der Waals surface area contributed by atoms with Crippen LogP contribution >= 0.6 is 0 Å². The number of nitrogens with zero attached hydrogens (tertiary/aromatic N) is 1. The van der Waals surface area contributed by atoms with Gasteiger partial charge < -0.3 is 5.73 Å². The number of nitrogens with two attached hydrogens (primary N) is 1. The fraction of sp³-hybridized carbons (Fsp3) is 0.364. The molecule has 1 aliphatic rings. The molecule has 1 fully saturated rings. The van der Waals surface area contributed by atoms with Crippen LogP contribution < -0.4 is 5.73 Å². The van der Waals surface area contributed by atoms with Crippen molar-refractivity contribution in [3.63, 3.8) is 0 Å². The summed E-state index contributed by atoms with van der Waals surface area (Å²) in [6.07, 6.45) is 3.10. The molecule has 2 aromatic rings. The van der Waals surface area contributed by atoms with Crippen molar-refractivity contribution in [1.29, 1.82) is 0 Å². The molecule has 1 aromatic heterocycles. The summed E-state index contributed by atoms with van der Waals surface area (Å²) in [6, 6.07) is 6.36. The molecule has 3 rings (SSSR count). The number of aromatic nitrogens is 2. The molecule has 0 bridgehead atoms. The highest BCUT2D eigenvalue weighted by molar-refractivity contribution is 5.82. The molecule has 0 saturated heterocycles. The Balaban J connectivity index is 2.08. The second-order valence-corrected chi connectivity index (χ2v) is 4.02. The topological polar surface area (TPSA) is 54.7 Å². The Morgan fingerprint density at radius 2 is 2.43 bits per heavy atom. The number of nitrogens with one attached hydrogen (secondary N) is 1. The van der Waals surface area contributed by atoms with Crippen LogP contribution in [0.4, 0.5) is 0 Å². The van der Waals surface area contributed by atoms with Gasteiger partial charge in [0.15, 0.2) is 0 Å². The molecular formula is C11H13N3. The van der Waals surface area contributed by atoms with E-state index >= 15 is 0 Å². The van der Waals surface area contributed by atoms with E-state index in [4.69, 9.17) is 5.73 Å². The monoisotopic (exact) mass is 187 g/mol. The molecule has 0 amide bonds. The van der Waals surface area contributed by atoms with E-state index < -0.39 is 0 Å². The molecule has 2 unspecified atom stereocenters. The van der Waals surface area contributed by atoms with E-state index in [1.807, 2.05) is 6.20 Å². The van der Waals surface area contributed by atoms with Crippen LogP contribution in [0.2, 0.25) is 0 Å². The molecule has 2 atom stereocenters. The third-order valence-electron chi connectivity index (χ3n) is 3.13. The SMILES string of the molecule is NCC1CC1c1cccc2cn[nH]c12. The van der Waals surface area contributed by atoms with Crippen molar-refractivity contribution in [3.8, 4) is 0 Å². The van der Waals surface area contributed by atoms with E-state index in [9.17, 15) is 0 Å². The van der Waals surface area contributed by atoms with E-state index in [2.05, 4.69) is 28.4 Å². The molecular weight excluding hydrogens is 174 g/mol. The minimum absolute atomic E-state index is 0.657. The molecule has 14 heavy (non-hydrogen) atoms. The number of rotatable bonds is 2. The maximum Gasteiger partial charge on any atom is 0.0685 e. The second kappa shape index (κ2) is 2.82. The molecule has 3 nitrogen and oxygen atoms in total. The normalized spacial score (nSPS) is 25.5. The van der Waals surface area contributed by atoms with E-state index in [0.717, 1.165) is 6.54 Å². The fourth-order valence-corrected chi connectivity index (χ4v) is 2.19. The average molecular weight is 187 g/mol. The molecule has 3 heteroatoms. The lowest BCUT2D eigenvalue weighted by Crippen LogP contribution is -2.02. The number of para-hydroxylation sites is 1. The molecule has 1 aromatic carbocycles. The Labute approximate surface area is 82.3 Å². The van der Waals surface area contributed by atoms with Crippen LogP contribution in [-0.2, 0) is 0 Å². The Morgan fingerprint density at radius 1 is 1.50 bits per heavy atom. The maximum absolute atomic E-state index is 5.66. The van der Waals surface area contributed by atoms with Crippen molar-refractivity contribution >= 4 is 10.9 Å². The van der Waals surface area contributed by atoms with Crippen molar-refractivity contribution in [1.82, 2.24) is 10.2 Å². The van der Waals surface area contributed by atoms with Gasteiger partial charge in [0.25, 0.3) is 0 Å². The molecule has 1 heterocycles. The van der Waals surface area contributed by atoms with Gasteiger partial charge in [0.05, 0.1) is 11.7 Å². The minimum atomic E-state index is 0.657. The highest BCUT2D eigenvalue weighted by Crippen LogP contribution is 2.48. The van der Waals surface area contributed by atoms with Crippen LogP contribution in [0.5, 0.6) is 0 Å². The Kier molecular flexibility index (Phi) is 1.61. The third kappa shape index (κ3) is 1.06. The van der Waals surface area contributed by atoms with Crippen molar-refractivity contribution in [2.75, 3.05) is 6.54 Å². The molecule has 72 valence electrons. The first-order chi connectivity index (χ1) is 6.90. The van der Waals surface area contributed by atoms with E-state index in [0.29, 0.717) is 11.8 Å². The lowest BCUT2D eigenvalue weighted by molar-refractivity contribution is 0.811. The Morgan fingerprint density at radius 3 is 3.21 bits per heavy atom. The smallest absolute Gasteiger partial charge is 0.0685 e. The predicted octanol–water partition coefficient (Wildman–Crippen LogP) is 1.63. The fourth-order valence-electron chi connectivity index (χ4n) is 2.19.